The summed E-state index contributed by atoms with van der Waals surface area (Å²) in [5.41, 5.74) is 6.50. The molecular formula is C49H49N5O5S2. The number of ketones is 1. The molecule has 7 aromatic rings. The third-order valence-corrected chi connectivity index (χ3v) is 14.4. The molecule has 0 unspecified atom stereocenters. The van der Waals surface area contributed by atoms with Gasteiger partial charge in [-0.05, 0) is 168 Å². The molecule has 61 heavy (non-hydrogen) atoms. The Morgan fingerprint density at radius 1 is 0.787 bits per heavy atom. The molecule has 0 amide bonds. The molecule has 4 aromatic carbocycles. The summed E-state index contributed by atoms with van der Waals surface area (Å²) < 4.78 is 15.3. The van der Waals surface area contributed by atoms with Crippen molar-refractivity contribution in [2.75, 3.05) is 32.8 Å². The second-order valence-electron chi connectivity index (χ2n) is 16.0. The number of hydrogen-bond donors (Lipinski definition) is 2. The first-order valence-electron chi connectivity index (χ1n) is 21.0. The highest BCUT2D eigenvalue weighted by molar-refractivity contribution is 7.22. The summed E-state index contributed by atoms with van der Waals surface area (Å²) in [4.78, 5) is 23.5. The fourth-order valence-electron chi connectivity index (χ4n) is 8.48. The zero-order valence-corrected chi connectivity index (χ0v) is 36.3. The number of piperidine rings is 1. The highest BCUT2D eigenvalue weighted by Gasteiger charge is 2.27. The van der Waals surface area contributed by atoms with Crippen LogP contribution >= 0.6 is 22.7 Å². The Morgan fingerprint density at radius 2 is 1.48 bits per heavy atom. The second-order valence-corrected chi connectivity index (χ2v) is 18.3. The zero-order valence-electron chi connectivity index (χ0n) is 34.7. The van der Waals surface area contributed by atoms with Gasteiger partial charge in [0.15, 0.2) is 11.6 Å². The average molecular weight is 852 g/mol. The van der Waals surface area contributed by atoms with E-state index in [0.717, 1.165) is 98.3 Å². The van der Waals surface area contributed by atoms with Crippen LogP contribution in [0, 0.1) is 26.7 Å². The molecule has 2 aliphatic rings. The molecule has 10 nitrogen and oxygen atoms in total. The Bertz CT molecular complexity index is 2710. The van der Waals surface area contributed by atoms with Gasteiger partial charge in [0, 0.05) is 48.6 Å². The third kappa shape index (κ3) is 8.57. The minimum atomic E-state index is -0.0972. The molecule has 1 saturated heterocycles. The van der Waals surface area contributed by atoms with Crippen molar-refractivity contribution >= 4 is 44.3 Å². The van der Waals surface area contributed by atoms with E-state index in [9.17, 15) is 15.0 Å². The topological polar surface area (TPSA) is 122 Å². The van der Waals surface area contributed by atoms with Gasteiger partial charge in [-0.2, -0.15) is 0 Å². The minimum absolute atomic E-state index is 0.0972. The first-order chi connectivity index (χ1) is 29.7. The molecule has 0 spiro atoms. The molecule has 312 valence electrons. The zero-order chi connectivity index (χ0) is 42.0. The van der Waals surface area contributed by atoms with E-state index >= 15 is 0 Å². The summed E-state index contributed by atoms with van der Waals surface area (Å²) in [6, 6.07) is 27.7. The maximum atomic E-state index is 13.9. The predicted molar refractivity (Wildman–Crippen MR) is 244 cm³/mol. The van der Waals surface area contributed by atoms with Gasteiger partial charge in [-0.1, -0.05) is 6.42 Å². The number of benzene rings is 4. The van der Waals surface area contributed by atoms with Gasteiger partial charge in [0.2, 0.25) is 0 Å². The molecule has 2 N–H and O–H groups in total. The van der Waals surface area contributed by atoms with Gasteiger partial charge >= 0.3 is 0 Å². The van der Waals surface area contributed by atoms with Crippen LogP contribution < -0.4 is 9.47 Å². The van der Waals surface area contributed by atoms with Crippen LogP contribution in [0.2, 0.25) is 0 Å². The van der Waals surface area contributed by atoms with Crippen LogP contribution in [-0.2, 0) is 6.54 Å². The third-order valence-electron chi connectivity index (χ3n) is 12.0. The van der Waals surface area contributed by atoms with Crippen LogP contribution in [0.5, 0.6) is 23.0 Å². The van der Waals surface area contributed by atoms with E-state index in [0.29, 0.717) is 30.9 Å². The summed E-state index contributed by atoms with van der Waals surface area (Å²) in [6.07, 6.45) is 5.83. The highest BCUT2D eigenvalue weighted by atomic mass is 32.1. The Kier molecular flexibility index (Phi) is 11.7. The maximum absolute atomic E-state index is 13.9. The van der Waals surface area contributed by atoms with Crippen molar-refractivity contribution in [1.82, 2.24) is 19.7 Å². The van der Waals surface area contributed by atoms with Gasteiger partial charge in [0.1, 0.15) is 47.0 Å². The summed E-state index contributed by atoms with van der Waals surface area (Å²) >= 11 is 3.23. The number of carbonyl (C=O) groups excluding carboxylic acids is 1. The van der Waals surface area contributed by atoms with Crippen LogP contribution in [0.1, 0.15) is 81.2 Å². The fourth-order valence-corrected chi connectivity index (χ4v) is 10.9. The summed E-state index contributed by atoms with van der Waals surface area (Å²) in [7, 11) is 0. The predicted octanol–water partition coefficient (Wildman–Crippen LogP) is 10.5. The first-order valence-corrected chi connectivity index (χ1v) is 22.7. The van der Waals surface area contributed by atoms with Gasteiger partial charge in [-0.25, -0.2) is 0 Å². The fraction of sp³-hybridized carbons (Fsp3) is 0.306. The normalized spacial score (nSPS) is 14.4. The summed E-state index contributed by atoms with van der Waals surface area (Å²) in [6.45, 7) is 11.2. The lowest BCUT2D eigenvalue weighted by Crippen LogP contribution is -2.36. The number of aromatic nitrogens is 3. The molecule has 12 heteroatoms. The molecule has 1 fully saturated rings. The van der Waals surface area contributed by atoms with E-state index in [2.05, 4.69) is 57.8 Å². The number of phenols is 2. The van der Waals surface area contributed by atoms with Crippen LogP contribution in [0.4, 0.5) is 0 Å². The van der Waals surface area contributed by atoms with Gasteiger partial charge < -0.3 is 19.7 Å². The van der Waals surface area contributed by atoms with E-state index in [-0.39, 0.29) is 17.3 Å². The number of likely N-dealkylation sites (tertiary alicyclic amines) is 1. The number of phenolic OH excluding ortho intramolecular Hbond substituents is 2. The number of hydrogen-bond acceptors (Lipinski definition) is 11. The van der Waals surface area contributed by atoms with Crippen molar-refractivity contribution < 1.29 is 24.5 Å². The van der Waals surface area contributed by atoms with E-state index in [1.165, 1.54) is 46.6 Å². The van der Waals surface area contributed by atoms with E-state index in [4.69, 9.17) is 14.5 Å². The molecule has 0 atom stereocenters. The number of thiophene rings is 2. The van der Waals surface area contributed by atoms with Crippen molar-refractivity contribution in [1.29, 1.82) is 0 Å². The Labute approximate surface area is 363 Å². The molecule has 0 radical (unpaired) electrons. The van der Waals surface area contributed by atoms with Crippen LogP contribution in [0.3, 0.4) is 0 Å². The van der Waals surface area contributed by atoms with E-state index < -0.39 is 0 Å². The number of unbranched alkanes of at least 4 members (excludes halogenated alkanes) is 1. The smallest absolute Gasteiger partial charge is 0.195 e. The SMILES string of the molecule is Cc1sc2c(c1C)C(c1ccc(OCCCCC3CCN(CCOc4ccc(C(=O)c5c(-c6ccc(O)cc6)sc6cc(O)ccc56)cc4)CC3)cc1)=NCc1nnc(C)n1-2. The molecule has 5 heterocycles. The number of aliphatic imine (C=N–C) groups is 1. The van der Waals surface area contributed by atoms with Crippen LogP contribution in [0.15, 0.2) is 96.0 Å². The first kappa shape index (κ1) is 40.6. The lowest BCUT2D eigenvalue weighted by atomic mass is 9.91. The quantitative estimate of drug-likeness (QED) is 0.0819. The lowest BCUT2D eigenvalue weighted by molar-refractivity contribution is 0.104. The van der Waals surface area contributed by atoms with E-state index in [1.54, 1.807) is 53.8 Å². The van der Waals surface area contributed by atoms with Gasteiger partial charge in [0.05, 0.1) is 12.3 Å². The monoisotopic (exact) mass is 851 g/mol. The number of carbonyl (C=O) groups is 1. The van der Waals surface area contributed by atoms with Gasteiger partial charge in [-0.3, -0.25) is 19.3 Å². The van der Waals surface area contributed by atoms with Gasteiger partial charge in [-0.15, -0.1) is 32.9 Å². The molecule has 2 aliphatic heterocycles. The Hall–Kier alpha value is -5.82. The van der Waals surface area contributed by atoms with Crippen LogP contribution in [-0.4, -0.2) is 74.2 Å². The Morgan fingerprint density at radius 3 is 2.23 bits per heavy atom. The Balaban J connectivity index is 0.700. The summed E-state index contributed by atoms with van der Waals surface area (Å²) in [5.74, 6) is 4.35. The number of ether oxygens (including phenoxy) is 2. The molecule has 0 aliphatic carbocycles. The van der Waals surface area contributed by atoms with Crippen molar-refractivity contribution in [2.45, 2.75) is 59.4 Å². The molecule has 9 rings (SSSR count). The minimum Gasteiger partial charge on any atom is -0.508 e. The number of nitrogens with zero attached hydrogens (tertiary/aromatic N) is 5. The number of aryl methyl sites for hydroxylation is 2. The highest BCUT2D eigenvalue weighted by Crippen LogP contribution is 2.42. The number of aromatic hydroxyl groups is 2. The standard InChI is InChI=1S/C49H49N5O5S2/c1-30-31(2)60-49-44(30)46(50-29-43-52-51-32(3)54(43)49)34-9-16-39(17-10-34)58-26-5-4-6-33-21-23-53(24-22-33)25-27-59-40-18-11-35(12-19-40)47(57)45-41-20-15-38(56)28-42(41)61-48(45)36-7-13-37(55)14-8-36/h7-20,28,33,55-56H,4-6,21-27,29H2,1-3H3. The van der Waals surface area contributed by atoms with Gasteiger partial charge in [0.25, 0.3) is 0 Å². The van der Waals surface area contributed by atoms with Crippen molar-refractivity contribution in [3.63, 3.8) is 0 Å². The maximum Gasteiger partial charge on any atom is 0.195 e. The van der Waals surface area contributed by atoms with E-state index in [1.807, 2.05) is 31.2 Å². The van der Waals surface area contributed by atoms with Crippen LogP contribution in [0.25, 0.3) is 25.5 Å². The van der Waals surface area contributed by atoms with Crippen molar-refractivity contribution in [3.8, 4) is 38.4 Å². The largest absolute Gasteiger partial charge is 0.508 e. The number of fused-ring (bicyclic) bond motifs is 4. The summed E-state index contributed by atoms with van der Waals surface area (Å²) in [5, 5.41) is 30.6. The lowest BCUT2D eigenvalue weighted by Gasteiger charge is -2.31. The molecule has 3 aromatic heterocycles. The second kappa shape index (κ2) is 17.6. The molecule has 0 saturated carbocycles. The van der Waals surface area contributed by atoms with Crippen molar-refractivity contribution in [2.24, 2.45) is 10.9 Å². The molecular weight excluding hydrogens is 803 g/mol. The number of rotatable bonds is 14. The van der Waals surface area contributed by atoms with Crippen molar-refractivity contribution in [3.05, 3.63) is 135 Å². The average Bonchev–Trinajstić information content (AvgIpc) is 3.89. The molecule has 0 bridgehead atoms.